The quantitative estimate of drug-likeness (QED) is 0.526. The van der Waals surface area contributed by atoms with Gasteiger partial charge in [-0.05, 0) is 42.5 Å². The summed E-state index contributed by atoms with van der Waals surface area (Å²) < 4.78 is 12.2. The second kappa shape index (κ2) is 7.38. The van der Waals surface area contributed by atoms with Crippen LogP contribution in [0.3, 0.4) is 0 Å². The average Bonchev–Trinajstić information content (AvgIpc) is 3.18. The van der Waals surface area contributed by atoms with E-state index in [4.69, 9.17) is 9.47 Å². The van der Waals surface area contributed by atoms with Crippen LogP contribution in [0.15, 0.2) is 54.9 Å². The molecule has 4 aromatic rings. The van der Waals surface area contributed by atoms with E-state index in [9.17, 15) is 5.11 Å². The fraction of sp³-hybridized carbons (Fsp3) is 0.158. The van der Waals surface area contributed by atoms with Gasteiger partial charge in [0, 0.05) is 18.7 Å². The molecule has 0 aliphatic carbocycles. The molecule has 0 saturated carbocycles. The molecule has 8 nitrogen and oxygen atoms in total. The summed E-state index contributed by atoms with van der Waals surface area (Å²) in [5.41, 5.74) is 2.13. The third-order valence-corrected chi connectivity index (χ3v) is 3.94. The number of nitrogens with zero attached hydrogens (tertiary/aromatic N) is 5. The summed E-state index contributed by atoms with van der Waals surface area (Å²) in [6, 6.07) is 12.3. The first-order valence-electron chi connectivity index (χ1n) is 8.33. The number of phenols is 1. The summed E-state index contributed by atoms with van der Waals surface area (Å²) >= 11 is 0. The predicted octanol–water partition coefficient (Wildman–Crippen LogP) is 2.61. The normalized spacial score (nSPS) is 11.0. The highest BCUT2D eigenvalue weighted by atomic mass is 16.5. The molecular formula is C19H17N5O3. The largest absolute Gasteiger partial charge is 0.508 e. The van der Waals surface area contributed by atoms with Crippen LogP contribution in [0, 0.1) is 0 Å². The number of benzene rings is 2. The van der Waals surface area contributed by atoms with Crippen LogP contribution in [-0.2, 0) is 4.74 Å². The van der Waals surface area contributed by atoms with Gasteiger partial charge in [-0.15, -0.1) is 5.10 Å². The van der Waals surface area contributed by atoms with E-state index in [-0.39, 0.29) is 5.75 Å². The van der Waals surface area contributed by atoms with Crippen molar-refractivity contribution >= 4 is 10.9 Å². The van der Waals surface area contributed by atoms with Gasteiger partial charge in [0.15, 0.2) is 11.5 Å². The molecule has 4 rings (SSSR count). The van der Waals surface area contributed by atoms with Crippen molar-refractivity contribution in [2.24, 2.45) is 0 Å². The molecule has 2 aromatic heterocycles. The molecule has 2 aromatic carbocycles. The molecule has 0 amide bonds. The zero-order chi connectivity index (χ0) is 18.6. The standard InChI is InChI=1S/C19H17N5O3/c1-26-8-9-27-16-6-7-17-13(10-16)11-20-19(21-17)18-12-24(23-22-18)14-2-4-15(25)5-3-14/h2-7,10-12,25H,8-9H2,1H3. The molecule has 0 unspecified atom stereocenters. The number of phenolic OH excluding ortho intramolecular Hbond substituents is 1. The molecule has 27 heavy (non-hydrogen) atoms. The first-order chi connectivity index (χ1) is 13.2. The second-order valence-electron chi connectivity index (χ2n) is 5.82. The number of hydrogen-bond acceptors (Lipinski definition) is 7. The second-order valence-corrected chi connectivity index (χ2v) is 5.82. The number of aromatic nitrogens is 5. The Morgan fingerprint density at radius 2 is 1.93 bits per heavy atom. The van der Waals surface area contributed by atoms with Crippen molar-refractivity contribution in [3.63, 3.8) is 0 Å². The third-order valence-electron chi connectivity index (χ3n) is 3.94. The Morgan fingerprint density at radius 3 is 2.74 bits per heavy atom. The van der Waals surface area contributed by atoms with Gasteiger partial charge in [-0.25, -0.2) is 14.6 Å². The van der Waals surface area contributed by atoms with Gasteiger partial charge < -0.3 is 14.6 Å². The van der Waals surface area contributed by atoms with Crippen LogP contribution in [-0.4, -0.2) is 50.4 Å². The van der Waals surface area contributed by atoms with Crippen molar-refractivity contribution in [1.29, 1.82) is 0 Å². The Hall–Kier alpha value is -3.52. The van der Waals surface area contributed by atoms with Crippen molar-refractivity contribution in [1.82, 2.24) is 25.0 Å². The van der Waals surface area contributed by atoms with Crippen LogP contribution < -0.4 is 4.74 Å². The van der Waals surface area contributed by atoms with E-state index >= 15 is 0 Å². The minimum absolute atomic E-state index is 0.197. The lowest BCUT2D eigenvalue weighted by molar-refractivity contribution is 0.146. The lowest BCUT2D eigenvalue weighted by Gasteiger charge is -2.06. The topological polar surface area (TPSA) is 95.2 Å². The van der Waals surface area contributed by atoms with E-state index in [0.717, 1.165) is 22.3 Å². The molecule has 0 bridgehead atoms. The Labute approximate surface area is 155 Å². The zero-order valence-corrected chi connectivity index (χ0v) is 14.6. The molecule has 136 valence electrons. The van der Waals surface area contributed by atoms with Crippen molar-refractivity contribution in [3.8, 4) is 28.7 Å². The number of aromatic hydroxyl groups is 1. The number of methoxy groups -OCH3 is 1. The van der Waals surface area contributed by atoms with Crippen LogP contribution in [0.2, 0.25) is 0 Å². The van der Waals surface area contributed by atoms with E-state index in [1.807, 2.05) is 18.2 Å². The summed E-state index contributed by atoms with van der Waals surface area (Å²) in [6.45, 7) is 1.02. The van der Waals surface area contributed by atoms with Gasteiger partial charge in [0.25, 0.3) is 0 Å². The lowest BCUT2D eigenvalue weighted by atomic mass is 10.2. The van der Waals surface area contributed by atoms with Crippen LogP contribution in [0.5, 0.6) is 11.5 Å². The van der Waals surface area contributed by atoms with Crippen LogP contribution in [0.25, 0.3) is 28.1 Å². The highest BCUT2D eigenvalue weighted by Gasteiger charge is 2.10. The van der Waals surface area contributed by atoms with Crippen molar-refractivity contribution in [3.05, 3.63) is 54.9 Å². The summed E-state index contributed by atoms with van der Waals surface area (Å²) in [7, 11) is 1.64. The first kappa shape index (κ1) is 16.9. The highest BCUT2D eigenvalue weighted by molar-refractivity contribution is 5.80. The fourth-order valence-electron chi connectivity index (χ4n) is 2.57. The predicted molar refractivity (Wildman–Crippen MR) is 98.9 cm³/mol. The van der Waals surface area contributed by atoms with Crippen LogP contribution in [0.4, 0.5) is 0 Å². The van der Waals surface area contributed by atoms with Gasteiger partial charge in [0.1, 0.15) is 18.1 Å². The molecule has 0 atom stereocenters. The van der Waals surface area contributed by atoms with Gasteiger partial charge in [0.05, 0.1) is 24.0 Å². The molecule has 0 saturated heterocycles. The van der Waals surface area contributed by atoms with Gasteiger partial charge in [0.2, 0.25) is 0 Å². The highest BCUT2D eigenvalue weighted by Crippen LogP contribution is 2.22. The molecular weight excluding hydrogens is 346 g/mol. The maximum absolute atomic E-state index is 9.39. The minimum atomic E-state index is 0.197. The molecule has 0 aliphatic rings. The molecule has 0 radical (unpaired) electrons. The zero-order valence-electron chi connectivity index (χ0n) is 14.6. The maximum atomic E-state index is 9.39. The summed E-state index contributed by atoms with van der Waals surface area (Å²) in [5.74, 6) is 1.43. The van der Waals surface area contributed by atoms with Gasteiger partial charge in [-0.3, -0.25) is 0 Å². The van der Waals surface area contributed by atoms with E-state index < -0.39 is 0 Å². The molecule has 1 N–H and O–H groups in total. The van der Waals surface area contributed by atoms with E-state index in [1.54, 1.807) is 48.5 Å². The number of fused-ring (bicyclic) bond motifs is 1. The van der Waals surface area contributed by atoms with Gasteiger partial charge in [-0.2, -0.15) is 0 Å². The van der Waals surface area contributed by atoms with Gasteiger partial charge in [-0.1, -0.05) is 5.21 Å². The summed E-state index contributed by atoms with van der Waals surface area (Å²) in [5, 5.41) is 18.5. The minimum Gasteiger partial charge on any atom is -0.508 e. The maximum Gasteiger partial charge on any atom is 0.182 e. The Kier molecular flexibility index (Phi) is 4.63. The lowest BCUT2D eigenvalue weighted by Crippen LogP contribution is -2.04. The van der Waals surface area contributed by atoms with Gasteiger partial charge >= 0.3 is 0 Å². The molecule has 0 fully saturated rings. The third kappa shape index (κ3) is 3.70. The average molecular weight is 363 g/mol. The molecule has 8 heteroatoms. The smallest absolute Gasteiger partial charge is 0.182 e. The van der Waals surface area contributed by atoms with Crippen LogP contribution >= 0.6 is 0 Å². The number of hydrogen-bond donors (Lipinski definition) is 1. The number of rotatable bonds is 6. The Morgan fingerprint density at radius 1 is 1.07 bits per heavy atom. The van der Waals surface area contributed by atoms with E-state index in [1.165, 1.54) is 0 Å². The van der Waals surface area contributed by atoms with Crippen molar-refractivity contribution < 1.29 is 14.6 Å². The number of ether oxygens (including phenoxy) is 2. The van der Waals surface area contributed by atoms with E-state index in [2.05, 4.69) is 20.3 Å². The molecule has 0 spiro atoms. The summed E-state index contributed by atoms with van der Waals surface area (Å²) in [4.78, 5) is 8.95. The SMILES string of the molecule is COCCOc1ccc2nc(-c3cn(-c4ccc(O)cc4)nn3)ncc2c1. The summed E-state index contributed by atoms with van der Waals surface area (Å²) in [6.07, 6.45) is 3.48. The molecule has 0 aliphatic heterocycles. The molecule has 2 heterocycles. The Balaban J connectivity index is 1.59. The van der Waals surface area contributed by atoms with E-state index in [0.29, 0.717) is 24.7 Å². The van der Waals surface area contributed by atoms with Crippen molar-refractivity contribution in [2.75, 3.05) is 20.3 Å². The fourth-order valence-corrected chi connectivity index (χ4v) is 2.57. The monoisotopic (exact) mass is 363 g/mol. The van der Waals surface area contributed by atoms with Crippen molar-refractivity contribution in [2.45, 2.75) is 0 Å². The Bertz CT molecular complexity index is 1060. The first-order valence-corrected chi connectivity index (χ1v) is 8.33. The van der Waals surface area contributed by atoms with Crippen LogP contribution in [0.1, 0.15) is 0 Å².